The Morgan fingerprint density at radius 3 is 2.76 bits per heavy atom. The van der Waals surface area contributed by atoms with Gasteiger partial charge in [0.05, 0.1) is 23.5 Å². The Kier molecular flexibility index (Phi) is 5.37. The second-order valence-electron chi connectivity index (χ2n) is 5.01. The van der Waals surface area contributed by atoms with E-state index in [1.54, 1.807) is 10.7 Å². The van der Waals surface area contributed by atoms with Crippen molar-refractivity contribution in [2.45, 2.75) is 12.6 Å². The van der Waals surface area contributed by atoms with Crippen molar-refractivity contribution in [2.75, 3.05) is 20.6 Å². The van der Waals surface area contributed by atoms with Gasteiger partial charge in [0.25, 0.3) is 0 Å². The van der Waals surface area contributed by atoms with Crippen molar-refractivity contribution in [1.29, 1.82) is 0 Å². The zero-order valence-corrected chi connectivity index (χ0v) is 14.1. The fourth-order valence-corrected chi connectivity index (χ4v) is 2.74. The van der Waals surface area contributed by atoms with Crippen molar-refractivity contribution >= 4 is 27.5 Å². The zero-order valence-electron chi connectivity index (χ0n) is 11.7. The smallest absolute Gasteiger partial charge is 0.124 e. The first-order chi connectivity index (χ1) is 9.88. The van der Waals surface area contributed by atoms with E-state index in [2.05, 4.69) is 21.0 Å². The highest BCUT2D eigenvalue weighted by Crippen LogP contribution is 2.30. The first-order valence-electron chi connectivity index (χ1n) is 6.38. The number of aliphatic hydroxyl groups is 1. The molecule has 2 aromatic rings. The minimum absolute atomic E-state index is 0.363. The Hall–Kier alpha value is -0.950. The molecular formula is C14H16BrClFN3O. The number of aromatic nitrogens is 2. The monoisotopic (exact) mass is 375 g/mol. The number of hydrogen-bond acceptors (Lipinski definition) is 3. The van der Waals surface area contributed by atoms with Crippen LogP contribution in [0.2, 0.25) is 5.02 Å². The van der Waals surface area contributed by atoms with E-state index in [0.717, 1.165) is 6.54 Å². The average Bonchev–Trinajstić information content (AvgIpc) is 2.75. The molecule has 7 heteroatoms. The van der Waals surface area contributed by atoms with Crippen LogP contribution in [0.1, 0.15) is 17.4 Å². The Morgan fingerprint density at radius 1 is 1.43 bits per heavy atom. The summed E-state index contributed by atoms with van der Waals surface area (Å²) in [7, 11) is 3.90. The maximum atomic E-state index is 13.5. The largest absolute Gasteiger partial charge is 0.382 e. The van der Waals surface area contributed by atoms with Crippen LogP contribution < -0.4 is 0 Å². The third kappa shape index (κ3) is 4.03. The van der Waals surface area contributed by atoms with Crippen molar-refractivity contribution in [3.05, 3.63) is 51.0 Å². The minimum atomic E-state index is -1.03. The molecule has 4 nitrogen and oxygen atoms in total. The molecule has 0 radical (unpaired) electrons. The highest BCUT2D eigenvalue weighted by atomic mass is 79.9. The van der Waals surface area contributed by atoms with Gasteiger partial charge in [0, 0.05) is 11.0 Å². The standard InChI is InChI=1S/C14H16BrClFN3O/c1-19(2)3-4-20-13(12(16)8-18-20)14(21)9-5-10(15)7-11(17)6-9/h5-8,14,21H,3-4H2,1-2H3. The lowest BCUT2D eigenvalue weighted by Crippen LogP contribution is -2.21. The van der Waals surface area contributed by atoms with Gasteiger partial charge in [0.2, 0.25) is 0 Å². The van der Waals surface area contributed by atoms with E-state index < -0.39 is 11.9 Å². The highest BCUT2D eigenvalue weighted by molar-refractivity contribution is 9.10. The zero-order chi connectivity index (χ0) is 15.6. The third-order valence-corrected chi connectivity index (χ3v) is 3.80. The van der Waals surface area contributed by atoms with Gasteiger partial charge >= 0.3 is 0 Å². The molecule has 1 N–H and O–H groups in total. The predicted octanol–water partition coefficient (Wildman–Crippen LogP) is 3.08. The van der Waals surface area contributed by atoms with Gasteiger partial charge in [-0.2, -0.15) is 5.10 Å². The van der Waals surface area contributed by atoms with Crippen LogP contribution in [0.5, 0.6) is 0 Å². The second kappa shape index (κ2) is 6.87. The lowest BCUT2D eigenvalue weighted by atomic mass is 10.1. The molecule has 0 aliphatic carbocycles. The van der Waals surface area contributed by atoms with E-state index in [1.165, 1.54) is 18.3 Å². The number of halogens is 3. The molecule has 114 valence electrons. The molecule has 1 atom stereocenters. The van der Waals surface area contributed by atoms with Crippen molar-refractivity contribution < 1.29 is 9.50 Å². The van der Waals surface area contributed by atoms with Crippen LogP contribution in [-0.4, -0.2) is 40.4 Å². The van der Waals surface area contributed by atoms with E-state index in [9.17, 15) is 9.50 Å². The van der Waals surface area contributed by atoms with Crippen molar-refractivity contribution in [3.8, 4) is 0 Å². The van der Waals surface area contributed by atoms with Gasteiger partial charge in [0.1, 0.15) is 11.9 Å². The molecular weight excluding hydrogens is 361 g/mol. The molecule has 1 heterocycles. The maximum absolute atomic E-state index is 13.5. The van der Waals surface area contributed by atoms with E-state index in [0.29, 0.717) is 27.3 Å². The molecule has 0 saturated heterocycles. The van der Waals surface area contributed by atoms with Crippen LogP contribution in [0.25, 0.3) is 0 Å². The van der Waals surface area contributed by atoms with Crippen LogP contribution in [0.4, 0.5) is 4.39 Å². The van der Waals surface area contributed by atoms with Gasteiger partial charge in [-0.25, -0.2) is 4.39 Å². The lowest BCUT2D eigenvalue weighted by Gasteiger charge is -2.16. The summed E-state index contributed by atoms with van der Waals surface area (Å²) >= 11 is 9.34. The minimum Gasteiger partial charge on any atom is -0.382 e. The van der Waals surface area contributed by atoms with Crippen LogP contribution >= 0.6 is 27.5 Å². The molecule has 2 rings (SSSR count). The van der Waals surface area contributed by atoms with Gasteiger partial charge in [-0.05, 0) is 37.9 Å². The molecule has 0 spiro atoms. The average molecular weight is 377 g/mol. The molecule has 21 heavy (non-hydrogen) atoms. The quantitative estimate of drug-likeness (QED) is 0.872. The molecule has 0 bridgehead atoms. The number of nitrogens with zero attached hydrogens (tertiary/aromatic N) is 3. The molecule has 1 aromatic heterocycles. The summed E-state index contributed by atoms with van der Waals surface area (Å²) in [6, 6.07) is 4.28. The molecule has 0 saturated carbocycles. The van der Waals surface area contributed by atoms with Gasteiger partial charge < -0.3 is 10.0 Å². The van der Waals surface area contributed by atoms with E-state index in [-0.39, 0.29) is 0 Å². The Morgan fingerprint density at radius 2 is 2.14 bits per heavy atom. The number of rotatable bonds is 5. The van der Waals surface area contributed by atoms with Gasteiger partial charge in [-0.1, -0.05) is 27.5 Å². The van der Waals surface area contributed by atoms with E-state index in [1.807, 2.05) is 19.0 Å². The first-order valence-corrected chi connectivity index (χ1v) is 7.55. The summed E-state index contributed by atoms with van der Waals surface area (Å²) in [6.45, 7) is 1.34. The number of hydrogen-bond donors (Lipinski definition) is 1. The van der Waals surface area contributed by atoms with Gasteiger partial charge in [-0.3, -0.25) is 4.68 Å². The molecule has 0 aliphatic heterocycles. The number of benzene rings is 1. The maximum Gasteiger partial charge on any atom is 0.124 e. The Balaban J connectivity index is 2.33. The Bertz CT molecular complexity index is 612. The van der Waals surface area contributed by atoms with Gasteiger partial charge in [-0.15, -0.1) is 0 Å². The topological polar surface area (TPSA) is 41.3 Å². The van der Waals surface area contributed by atoms with Crippen LogP contribution in [0, 0.1) is 5.82 Å². The summed E-state index contributed by atoms with van der Waals surface area (Å²) in [5.74, 6) is -0.422. The SMILES string of the molecule is CN(C)CCn1ncc(Cl)c1C(O)c1cc(F)cc(Br)c1. The van der Waals surface area contributed by atoms with Crippen molar-refractivity contribution in [1.82, 2.24) is 14.7 Å². The molecule has 0 amide bonds. The van der Waals surface area contributed by atoms with Crippen LogP contribution in [-0.2, 0) is 6.54 Å². The summed E-state index contributed by atoms with van der Waals surface area (Å²) in [6.07, 6.45) is 0.457. The normalized spacial score (nSPS) is 12.9. The molecule has 0 fully saturated rings. The lowest BCUT2D eigenvalue weighted by molar-refractivity contribution is 0.205. The fraction of sp³-hybridized carbons (Fsp3) is 0.357. The second-order valence-corrected chi connectivity index (χ2v) is 6.33. The van der Waals surface area contributed by atoms with Crippen molar-refractivity contribution in [2.24, 2.45) is 0 Å². The van der Waals surface area contributed by atoms with Crippen LogP contribution in [0.3, 0.4) is 0 Å². The highest BCUT2D eigenvalue weighted by Gasteiger charge is 2.21. The van der Waals surface area contributed by atoms with Crippen LogP contribution in [0.15, 0.2) is 28.9 Å². The van der Waals surface area contributed by atoms with E-state index >= 15 is 0 Å². The number of aliphatic hydroxyl groups excluding tert-OH is 1. The van der Waals surface area contributed by atoms with Gasteiger partial charge in [0.15, 0.2) is 0 Å². The third-order valence-electron chi connectivity index (χ3n) is 3.05. The van der Waals surface area contributed by atoms with E-state index in [4.69, 9.17) is 11.6 Å². The summed E-state index contributed by atoms with van der Waals surface area (Å²) in [4.78, 5) is 2.00. The summed E-state index contributed by atoms with van der Waals surface area (Å²) in [5, 5.41) is 15.0. The molecule has 0 aliphatic rings. The number of likely N-dealkylation sites (N-methyl/N-ethyl adjacent to an activating group) is 1. The first kappa shape index (κ1) is 16.4. The fourth-order valence-electron chi connectivity index (χ4n) is 2.01. The summed E-state index contributed by atoms with van der Waals surface area (Å²) in [5.41, 5.74) is 0.895. The molecule has 1 aromatic carbocycles. The molecule has 1 unspecified atom stereocenters. The van der Waals surface area contributed by atoms with Crippen molar-refractivity contribution in [3.63, 3.8) is 0 Å². The predicted molar refractivity (Wildman–Crippen MR) is 84.0 cm³/mol. The Labute approximate surface area is 136 Å². The summed E-state index contributed by atoms with van der Waals surface area (Å²) < 4.78 is 15.7.